The molecule has 0 saturated heterocycles. The molecule has 2 saturated carbocycles. The van der Waals surface area contributed by atoms with E-state index < -0.39 is 0 Å². The Balaban J connectivity index is 2.31. The molecule has 2 heteroatoms. The molecular weight excluding hydrogens is 164 g/mol. The summed E-state index contributed by atoms with van der Waals surface area (Å²) >= 11 is 0. The summed E-state index contributed by atoms with van der Waals surface area (Å²) in [7, 11) is 0. The van der Waals surface area contributed by atoms with E-state index in [0.717, 1.165) is 25.7 Å². The third-order valence-corrected chi connectivity index (χ3v) is 3.82. The molecule has 0 radical (unpaired) electrons. The van der Waals surface area contributed by atoms with Crippen molar-refractivity contribution in [1.29, 1.82) is 0 Å². The van der Waals surface area contributed by atoms with Gasteiger partial charge in [-0.3, -0.25) is 9.59 Å². The van der Waals surface area contributed by atoms with Crippen LogP contribution in [0.1, 0.15) is 45.4 Å². The average Bonchev–Trinajstić information content (AvgIpc) is 2.29. The largest absolute Gasteiger partial charge is 0.299 e. The van der Waals surface area contributed by atoms with Crippen molar-refractivity contribution in [3.8, 4) is 0 Å². The van der Waals surface area contributed by atoms with Crippen molar-refractivity contribution in [3.63, 3.8) is 0 Å². The van der Waals surface area contributed by atoms with Crippen LogP contribution in [-0.4, -0.2) is 11.6 Å². The fraction of sp³-hybridized carbons (Fsp3) is 0.818. The van der Waals surface area contributed by atoms with E-state index in [1.807, 2.05) is 6.92 Å². The van der Waals surface area contributed by atoms with Gasteiger partial charge in [0.15, 0.2) is 0 Å². The lowest BCUT2D eigenvalue weighted by Crippen LogP contribution is -2.32. The number of hydrogen-bond donors (Lipinski definition) is 0. The van der Waals surface area contributed by atoms with Crippen LogP contribution in [0.3, 0.4) is 0 Å². The van der Waals surface area contributed by atoms with Gasteiger partial charge in [0.25, 0.3) is 0 Å². The van der Waals surface area contributed by atoms with Gasteiger partial charge in [-0.1, -0.05) is 13.3 Å². The maximum absolute atomic E-state index is 11.7. The Morgan fingerprint density at radius 2 is 2.00 bits per heavy atom. The molecule has 0 unspecified atom stereocenters. The Kier molecular flexibility index (Phi) is 2.01. The first-order valence-corrected chi connectivity index (χ1v) is 5.20. The van der Waals surface area contributed by atoms with Crippen molar-refractivity contribution in [3.05, 3.63) is 0 Å². The zero-order chi connectivity index (χ0) is 9.47. The molecule has 0 aromatic rings. The first kappa shape index (κ1) is 8.92. The third kappa shape index (κ3) is 1.23. The molecule has 0 spiro atoms. The molecule has 2 rings (SSSR count). The van der Waals surface area contributed by atoms with Gasteiger partial charge in [0.05, 0.1) is 0 Å². The van der Waals surface area contributed by atoms with Gasteiger partial charge in [0, 0.05) is 24.2 Å². The summed E-state index contributed by atoms with van der Waals surface area (Å²) in [6.07, 6.45) is 5.11. The molecule has 13 heavy (non-hydrogen) atoms. The molecule has 2 fully saturated rings. The SMILES string of the molecule is C[C@@]12CCCCC(=O)[C@@H]1CCC2=O. The quantitative estimate of drug-likeness (QED) is 0.572. The number of ketones is 2. The van der Waals surface area contributed by atoms with Gasteiger partial charge in [-0.15, -0.1) is 0 Å². The molecule has 0 heterocycles. The molecule has 0 bridgehead atoms. The normalized spacial score (nSPS) is 40.2. The Bertz CT molecular complexity index is 257. The van der Waals surface area contributed by atoms with Crippen LogP contribution in [0, 0.1) is 11.3 Å². The minimum Gasteiger partial charge on any atom is -0.299 e. The lowest BCUT2D eigenvalue weighted by atomic mass is 9.75. The molecule has 72 valence electrons. The summed E-state index contributed by atoms with van der Waals surface area (Å²) in [4.78, 5) is 23.4. The van der Waals surface area contributed by atoms with E-state index in [1.54, 1.807) is 0 Å². The standard InChI is InChI=1S/C11H16O2/c1-11-7-3-2-4-9(12)8(11)5-6-10(11)13/h8H,2-7H2,1H3/t8-,11+/m0/s1. The first-order valence-electron chi connectivity index (χ1n) is 5.20. The van der Waals surface area contributed by atoms with Crippen LogP contribution in [0.25, 0.3) is 0 Å². The minimum absolute atomic E-state index is 0.0579. The summed E-state index contributed by atoms with van der Waals surface area (Å²) in [5.74, 6) is 0.723. The van der Waals surface area contributed by atoms with Crippen molar-refractivity contribution in [2.45, 2.75) is 45.4 Å². The van der Waals surface area contributed by atoms with Gasteiger partial charge < -0.3 is 0 Å². The molecular formula is C11H16O2. The van der Waals surface area contributed by atoms with Crippen molar-refractivity contribution in [2.24, 2.45) is 11.3 Å². The molecule has 2 atom stereocenters. The summed E-state index contributed by atoms with van der Waals surface area (Å²) in [6.45, 7) is 2.00. The lowest BCUT2D eigenvalue weighted by molar-refractivity contribution is -0.132. The second kappa shape index (κ2) is 2.93. The number of carbonyl (C=O) groups is 2. The maximum Gasteiger partial charge on any atom is 0.139 e. The molecule has 0 aliphatic heterocycles. The lowest BCUT2D eigenvalue weighted by Gasteiger charge is -2.26. The monoisotopic (exact) mass is 180 g/mol. The molecule has 2 aliphatic carbocycles. The molecule has 0 aromatic heterocycles. The highest BCUT2D eigenvalue weighted by Gasteiger charge is 2.49. The van der Waals surface area contributed by atoms with Gasteiger partial charge in [-0.25, -0.2) is 0 Å². The summed E-state index contributed by atoms with van der Waals surface area (Å²) in [5, 5.41) is 0. The Hall–Kier alpha value is -0.660. The van der Waals surface area contributed by atoms with Crippen molar-refractivity contribution < 1.29 is 9.59 Å². The van der Waals surface area contributed by atoms with Crippen LogP contribution in [-0.2, 0) is 9.59 Å². The van der Waals surface area contributed by atoms with E-state index >= 15 is 0 Å². The minimum atomic E-state index is -0.284. The van der Waals surface area contributed by atoms with E-state index in [1.165, 1.54) is 0 Å². The average molecular weight is 180 g/mol. The first-order chi connectivity index (χ1) is 6.14. The maximum atomic E-state index is 11.7. The predicted octanol–water partition coefficient (Wildman–Crippen LogP) is 2.11. The van der Waals surface area contributed by atoms with Crippen LogP contribution in [0.2, 0.25) is 0 Å². The van der Waals surface area contributed by atoms with E-state index in [-0.39, 0.29) is 11.3 Å². The zero-order valence-corrected chi connectivity index (χ0v) is 8.14. The van der Waals surface area contributed by atoms with Gasteiger partial charge >= 0.3 is 0 Å². The highest BCUT2D eigenvalue weighted by atomic mass is 16.1. The number of Topliss-reactive ketones (excluding diaryl/α,β-unsaturated/α-hetero) is 2. The second-order valence-electron chi connectivity index (χ2n) is 4.61. The Labute approximate surface area is 78.7 Å². The van der Waals surface area contributed by atoms with Gasteiger partial charge in [-0.2, -0.15) is 0 Å². The smallest absolute Gasteiger partial charge is 0.139 e. The fourth-order valence-electron chi connectivity index (χ4n) is 2.87. The van der Waals surface area contributed by atoms with Crippen LogP contribution in [0.4, 0.5) is 0 Å². The van der Waals surface area contributed by atoms with Crippen LogP contribution >= 0.6 is 0 Å². The van der Waals surface area contributed by atoms with Crippen molar-refractivity contribution in [1.82, 2.24) is 0 Å². The number of fused-ring (bicyclic) bond motifs is 1. The van der Waals surface area contributed by atoms with Crippen LogP contribution in [0.15, 0.2) is 0 Å². The predicted molar refractivity (Wildman–Crippen MR) is 49.3 cm³/mol. The third-order valence-electron chi connectivity index (χ3n) is 3.82. The number of rotatable bonds is 0. The Morgan fingerprint density at radius 3 is 2.77 bits per heavy atom. The van der Waals surface area contributed by atoms with Gasteiger partial charge in [0.2, 0.25) is 0 Å². The van der Waals surface area contributed by atoms with Crippen LogP contribution in [0.5, 0.6) is 0 Å². The van der Waals surface area contributed by atoms with Gasteiger partial charge in [-0.05, 0) is 19.3 Å². The van der Waals surface area contributed by atoms with E-state index in [9.17, 15) is 9.59 Å². The summed E-state index contributed by atoms with van der Waals surface area (Å²) in [6, 6.07) is 0. The molecule has 0 amide bonds. The highest BCUT2D eigenvalue weighted by molar-refractivity contribution is 5.95. The van der Waals surface area contributed by atoms with E-state index in [2.05, 4.69) is 0 Å². The number of carbonyl (C=O) groups excluding carboxylic acids is 2. The van der Waals surface area contributed by atoms with E-state index in [0.29, 0.717) is 24.4 Å². The van der Waals surface area contributed by atoms with Crippen LogP contribution < -0.4 is 0 Å². The van der Waals surface area contributed by atoms with E-state index in [4.69, 9.17) is 0 Å². The van der Waals surface area contributed by atoms with Gasteiger partial charge in [0.1, 0.15) is 11.6 Å². The molecule has 2 aliphatic rings. The molecule has 2 nitrogen and oxygen atoms in total. The van der Waals surface area contributed by atoms with Crippen molar-refractivity contribution >= 4 is 11.6 Å². The molecule has 0 aromatic carbocycles. The fourth-order valence-corrected chi connectivity index (χ4v) is 2.87. The topological polar surface area (TPSA) is 34.1 Å². The highest BCUT2D eigenvalue weighted by Crippen LogP contribution is 2.46. The zero-order valence-electron chi connectivity index (χ0n) is 8.14. The summed E-state index contributed by atoms with van der Waals surface area (Å²) < 4.78 is 0. The molecule has 0 N–H and O–H groups in total. The Morgan fingerprint density at radius 1 is 1.23 bits per heavy atom. The number of hydrogen-bond acceptors (Lipinski definition) is 2. The second-order valence-corrected chi connectivity index (χ2v) is 4.61. The summed E-state index contributed by atoms with van der Waals surface area (Å²) in [5.41, 5.74) is -0.284. The van der Waals surface area contributed by atoms with Crippen molar-refractivity contribution in [2.75, 3.05) is 0 Å².